The van der Waals surface area contributed by atoms with Gasteiger partial charge < -0.3 is 4.90 Å². The van der Waals surface area contributed by atoms with Crippen molar-refractivity contribution in [3.05, 3.63) is 228 Å². The van der Waals surface area contributed by atoms with Gasteiger partial charge in [-0.3, -0.25) is 0 Å². The Balaban J connectivity index is 1.20. The number of hydrogen-bond acceptors (Lipinski definition) is 1. The fourth-order valence-corrected chi connectivity index (χ4v) is 9.75. The number of nitrogens with zero attached hydrogens (tertiary/aromatic N) is 1. The van der Waals surface area contributed by atoms with Gasteiger partial charge in [0.25, 0.3) is 0 Å². The van der Waals surface area contributed by atoms with Crippen molar-refractivity contribution < 1.29 is 0 Å². The summed E-state index contributed by atoms with van der Waals surface area (Å²) < 4.78 is 0. The highest BCUT2D eigenvalue weighted by Crippen LogP contribution is 2.63. The summed E-state index contributed by atoms with van der Waals surface area (Å²) in [5.74, 6) is 0. The van der Waals surface area contributed by atoms with Crippen LogP contribution in [0.2, 0.25) is 0 Å². The van der Waals surface area contributed by atoms with Gasteiger partial charge in [-0.1, -0.05) is 166 Å². The lowest BCUT2D eigenvalue weighted by Crippen LogP contribution is -2.26. The standard InChI is InChI=1S/C53H41N/c1-5-6-7-16-35(2)36-25-27-37(28-26-36)54(38-29-31-44-40-17-8-12-21-46(40)52(3,4)50(44)33-38)39-30-32-45-43-20-11-15-24-49(43)53(51(45)34-39)47-22-13-9-18-41(47)42-19-10-14-23-48(42)53/h5-34H,1H2,2-4H3/b7-6-,35-16+. The third kappa shape index (κ3) is 4.45. The number of hydrogen-bond donors (Lipinski definition) is 0. The number of benzene rings is 7. The average molecular weight is 692 g/mol. The lowest BCUT2D eigenvalue weighted by molar-refractivity contribution is 0.660. The van der Waals surface area contributed by atoms with Gasteiger partial charge in [-0.2, -0.15) is 0 Å². The van der Waals surface area contributed by atoms with Crippen molar-refractivity contribution in [2.45, 2.75) is 31.6 Å². The van der Waals surface area contributed by atoms with Gasteiger partial charge in [-0.25, -0.2) is 0 Å². The molecule has 7 aromatic rings. The van der Waals surface area contributed by atoms with E-state index in [1.807, 2.05) is 18.2 Å². The molecule has 1 heteroatoms. The van der Waals surface area contributed by atoms with Crippen molar-refractivity contribution in [3.63, 3.8) is 0 Å². The molecular weight excluding hydrogens is 651 g/mol. The fourth-order valence-electron chi connectivity index (χ4n) is 9.75. The second kappa shape index (κ2) is 12.0. The van der Waals surface area contributed by atoms with Crippen LogP contribution < -0.4 is 4.90 Å². The molecule has 0 radical (unpaired) electrons. The minimum absolute atomic E-state index is 0.112. The molecule has 0 heterocycles. The SMILES string of the molecule is C=C/C=C\C=C(/C)c1ccc(N(c2ccc3c(c2)C(C)(C)c2ccccc2-3)c2ccc3c(c2)C2(c4ccccc4-c4ccccc42)c2ccccc2-3)cc1. The van der Waals surface area contributed by atoms with Crippen LogP contribution in [0.1, 0.15) is 59.7 Å². The van der Waals surface area contributed by atoms with Crippen molar-refractivity contribution in [3.8, 4) is 33.4 Å². The summed E-state index contributed by atoms with van der Waals surface area (Å²) in [4.78, 5) is 2.46. The molecule has 0 saturated heterocycles. The highest BCUT2D eigenvalue weighted by Gasteiger charge is 2.51. The van der Waals surface area contributed by atoms with Crippen LogP contribution in [0.15, 0.2) is 189 Å². The van der Waals surface area contributed by atoms with Crippen LogP contribution in [-0.4, -0.2) is 0 Å². The summed E-state index contributed by atoms with van der Waals surface area (Å²) in [5, 5.41) is 0. The molecule has 54 heavy (non-hydrogen) atoms. The van der Waals surface area contributed by atoms with Crippen LogP contribution in [0.3, 0.4) is 0 Å². The third-order valence-electron chi connectivity index (χ3n) is 12.2. The van der Waals surface area contributed by atoms with Crippen LogP contribution in [0, 0.1) is 0 Å². The molecule has 0 aromatic heterocycles. The maximum absolute atomic E-state index is 3.82. The highest BCUT2D eigenvalue weighted by atomic mass is 15.1. The Bertz CT molecular complexity index is 2660. The summed E-state index contributed by atoms with van der Waals surface area (Å²) in [6.07, 6.45) is 7.96. The summed E-state index contributed by atoms with van der Waals surface area (Å²) in [6, 6.07) is 59.3. The molecule has 0 aliphatic heterocycles. The normalized spacial score (nSPS) is 15.0. The molecule has 3 aliphatic carbocycles. The largest absolute Gasteiger partial charge is 0.310 e. The second-order valence-electron chi connectivity index (χ2n) is 15.4. The topological polar surface area (TPSA) is 3.24 Å². The lowest BCUT2D eigenvalue weighted by atomic mass is 9.70. The molecule has 1 spiro atoms. The Morgan fingerprint density at radius 2 is 0.889 bits per heavy atom. The van der Waals surface area contributed by atoms with Gasteiger partial charge in [0.1, 0.15) is 0 Å². The van der Waals surface area contributed by atoms with E-state index in [0.29, 0.717) is 0 Å². The summed E-state index contributed by atoms with van der Waals surface area (Å²) in [7, 11) is 0. The Morgan fingerprint density at radius 3 is 1.43 bits per heavy atom. The fraction of sp³-hybridized carbons (Fsp3) is 0.0943. The zero-order valence-electron chi connectivity index (χ0n) is 31.0. The molecular formula is C53H41N. The van der Waals surface area contributed by atoms with E-state index < -0.39 is 5.41 Å². The van der Waals surface area contributed by atoms with Crippen LogP contribution in [0.4, 0.5) is 17.1 Å². The molecule has 7 aromatic carbocycles. The van der Waals surface area contributed by atoms with Gasteiger partial charge >= 0.3 is 0 Å². The van der Waals surface area contributed by atoms with Crippen molar-refractivity contribution >= 4 is 22.6 Å². The zero-order chi connectivity index (χ0) is 36.6. The molecule has 0 atom stereocenters. The van der Waals surface area contributed by atoms with Gasteiger partial charge in [0, 0.05) is 22.5 Å². The average Bonchev–Trinajstić information content (AvgIpc) is 3.77. The van der Waals surface area contributed by atoms with Gasteiger partial charge in [0.2, 0.25) is 0 Å². The molecule has 0 saturated carbocycles. The zero-order valence-corrected chi connectivity index (χ0v) is 31.0. The monoisotopic (exact) mass is 691 g/mol. The van der Waals surface area contributed by atoms with Crippen molar-refractivity contribution in [2.75, 3.05) is 4.90 Å². The minimum atomic E-state index is -0.410. The molecule has 0 bridgehead atoms. The van der Waals surface area contributed by atoms with Crippen LogP contribution in [-0.2, 0) is 10.8 Å². The van der Waals surface area contributed by atoms with Crippen LogP contribution >= 0.6 is 0 Å². The molecule has 10 rings (SSSR count). The van der Waals surface area contributed by atoms with E-state index in [0.717, 1.165) is 17.1 Å². The summed E-state index contributed by atoms with van der Waals surface area (Å²) in [5.41, 5.74) is 21.4. The van der Waals surface area contributed by atoms with Crippen molar-refractivity contribution in [2.24, 2.45) is 0 Å². The summed E-state index contributed by atoms with van der Waals surface area (Å²) >= 11 is 0. The number of allylic oxidation sites excluding steroid dienone is 5. The first-order chi connectivity index (χ1) is 26.4. The van der Waals surface area contributed by atoms with E-state index >= 15 is 0 Å². The molecule has 3 aliphatic rings. The van der Waals surface area contributed by atoms with Crippen molar-refractivity contribution in [1.29, 1.82) is 0 Å². The van der Waals surface area contributed by atoms with E-state index in [-0.39, 0.29) is 5.41 Å². The molecule has 0 N–H and O–H groups in total. The minimum Gasteiger partial charge on any atom is -0.310 e. The molecule has 0 unspecified atom stereocenters. The predicted octanol–water partition coefficient (Wildman–Crippen LogP) is 14.0. The van der Waals surface area contributed by atoms with Gasteiger partial charge in [0.05, 0.1) is 5.41 Å². The van der Waals surface area contributed by atoms with E-state index in [2.05, 4.69) is 196 Å². The molecule has 0 fully saturated rings. The highest BCUT2D eigenvalue weighted by molar-refractivity contribution is 5.96. The first-order valence-electron chi connectivity index (χ1n) is 19.0. The Hall–Kier alpha value is -6.44. The van der Waals surface area contributed by atoms with E-state index in [9.17, 15) is 0 Å². The van der Waals surface area contributed by atoms with Crippen molar-refractivity contribution in [1.82, 2.24) is 0 Å². The van der Waals surface area contributed by atoms with E-state index in [1.165, 1.54) is 77.9 Å². The van der Waals surface area contributed by atoms with E-state index in [1.54, 1.807) is 0 Å². The van der Waals surface area contributed by atoms with Crippen LogP contribution in [0.25, 0.3) is 39.0 Å². The molecule has 1 nitrogen and oxygen atoms in total. The smallest absolute Gasteiger partial charge is 0.0726 e. The predicted molar refractivity (Wildman–Crippen MR) is 228 cm³/mol. The summed E-state index contributed by atoms with van der Waals surface area (Å²) in [6.45, 7) is 10.7. The number of rotatable bonds is 6. The maximum Gasteiger partial charge on any atom is 0.0726 e. The Labute approximate surface area is 318 Å². The van der Waals surface area contributed by atoms with Gasteiger partial charge in [-0.15, -0.1) is 0 Å². The third-order valence-corrected chi connectivity index (χ3v) is 12.2. The van der Waals surface area contributed by atoms with Crippen LogP contribution in [0.5, 0.6) is 0 Å². The van der Waals surface area contributed by atoms with E-state index in [4.69, 9.17) is 0 Å². The first-order valence-corrected chi connectivity index (χ1v) is 19.0. The Morgan fingerprint density at radius 1 is 0.463 bits per heavy atom. The maximum atomic E-state index is 3.82. The number of fused-ring (bicyclic) bond motifs is 13. The quantitative estimate of drug-likeness (QED) is 0.157. The first kappa shape index (κ1) is 32.2. The number of anilines is 3. The van der Waals surface area contributed by atoms with Gasteiger partial charge in [-0.05, 0) is 121 Å². The lowest BCUT2D eigenvalue weighted by Gasteiger charge is -2.32. The molecule has 258 valence electrons. The Kier molecular flexibility index (Phi) is 7.19. The second-order valence-corrected chi connectivity index (χ2v) is 15.4. The molecule has 0 amide bonds. The van der Waals surface area contributed by atoms with Gasteiger partial charge in [0.15, 0.2) is 0 Å².